The Kier molecular flexibility index (Phi) is 5.57. The lowest BCUT2D eigenvalue weighted by atomic mass is 10.0. The molecule has 1 saturated heterocycles. The van der Waals surface area contributed by atoms with Crippen LogP contribution in [0.4, 0.5) is 0 Å². The van der Waals surface area contributed by atoms with E-state index in [2.05, 4.69) is 17.2 Å². The largest absolute Gasteiger partial charge is 0.476 e. The van der Waals surface area contributed by atoms with E-state index in [-0.39, 0.29) is 36.4 Å². The second-order valence-corrected chi connectivity index (χ2v) is 8.08. The van der Waals surface area contributed by atoms with Gasteiger partial charge in [-0.05, 0) is 18.4 Å². The Hall–Kier alpha value is -3.16. The number of aryl methyl sites for hydroxylation is 2. The number of carboxylic acid groups (broad SMARTS) is 1. The lowest BCUT2D eigenvalue weighted by Gasteiger charge is -2.29. The number of carboxylic acids is 1. The molecule has 8 heteroatoms. The highest BCUT2D eigenvalue weighted by molar-refractivity contribution is 5.90. The maximum absolute atomic E-state index is 12.9. The molecule has 1 fully saturated rings. The van der Waals surface area contributed by atoms with Gasteiger partial charge in [0.2, 0.25) is 11.8 Å². The van der Waals surface area contributed by atoms with Crippen LogP contribution in [0, 0.1) is 5.92 Å². The Balaban J connectivity index is 1.47. The van der Waals surface area contributed by atoms with Gasteiger partial charge in [0.05, 0.1) is 5.92 Å². The van der Waals surface area contributed by atoms with Gasteiger partial charge in [-0.1, -0.05) is 30.3 Å². The van der Waals surface area contributed by atoms with E-state index in [1.165, 1.54) is 5.56 Å². The molecular formula is C22H26N4O4. The predicted octanol–water partition coefficient (Wildman–Crippen LogP) is 1.58. The molecule has 0 saturated carbocycles. The van der Waals surface area contributed by atoms with Crippen LogP contribution in [-0.2, 0) is 35.5 Å². The lowest BCUT2D eigenvalue weighted by molar-refractivity contribution is -0.136. The van der Waals surface area contributed by atoms with Crippen LogP contribution in [0.15, 0.2) is 30.3 Å². The number of benzene rings is 1. The van der Waals surface area contributed by atoms with Crippen LogP contribution in [0.25, 0.3) is 0 Å². The fourth-order valence-corrected chi connectivity index (χ4v) is 4.40. The summed E-state index contributed by atoms with van der Waals surface area (Å²) in [6.45, 7) is 1.82. The summed E-state index contributed by atoms with van der Waals surface area (Å²) in [5, 5.41) is 14.0. The van der Waals surface area contributed by atoms with E-state index in [1.54, 1.807) is 21.5 Å². The zero-order valence-corrected chi connectivity index (χ0v) is 17.1. The third-order valence-corrected chi connectivity index (χ3v) is 6.02. The summed E-state index contributed by atoms with van der Waals surface area (Å²) in [5.74, 6) is -1.52. The predicted molar refractivity (Wildman–Crippen MR) is 109 cm³/mol. The number of hydrogen-bond donors (Lipinski definition) is 1. The van der Waals surface area contributed by atoms with E-state index in [0.29, 0.717) is 31.6 Å². The Morgan fingerprint density at radius 2 is 2.00 bits per heavy atom. The molecule has 2 amide bonds. The number of fused-ring (bicyclic) bond motifs is 1. The average molecular weight is 410 g/mol. The van der Waals surface area contributed by atoms with Gasteiger partial charge in [0.25, 0.3) is 0 Å². The number of carbonyl (C=O) groups excluding carboxylic acids is 2. The summed E-state index contributed by atoms with van der Waals surface area (Å²) >= 11 is 0. The molecule has 1 N–H and O–H groups in total. The van der Waals surface area contributed by atoms with Gasteiger partial charge in [-0.15, -0.1) is 0 Å². The van der Waals surface area contributed by atoms with Crippen LogP contribution >= 0.6 is 0 Å². The first-order valence-corrected chi connectivity index (χ1v) is 10.3. The number of hydrogen-bond acceptors (Lipinski definition) is 4. The van der Waals surface area contributed by atoms with Crippen LogP contribution in [0.1, 0.15) is 40.2 Å². The molecule has 0 unspecified atom stereocenters. The first kappa shape index (κ1) is 20.1. The lowest BCUT2D eigenvalue weighted by Crippen LogP contribution is -2.41. The van der Waals surface area contributed by atoms with Crippen molar-refractivity contribution in [3.8, 4) is 0 Å². The van der Waals surface area contributed by atoms with Gasteiger partial charge in [-0.3, -0.25) is 14.3 Å². The van der Waals surface area contributed by atoms with E-state index < -0.39 is 5.97 Å². The monoisotopic (exact) mass is 410 g/mol. The molecule has 1 atom stereocenters. The highest BCUT2D eigenvalue weighted by Crippen LogP contribution is 2.27. The fraction of sp³-hybridized carbons (Fsp3) is 0.455. The second-order valence-electron chi connectivity index (χ2n) is 8.08. The van der Waals surface area contributed by atoms with Gasteiger partial charge in [-0.2, -0.15) is 5.10 Å². The number of amides is 2. The summed E-state index contributed by atoms with van der Waals surface area (Å²) in [6.07, 6.45) is 2.55. The molecule has 1 aromatic heterocycles. The van der Waals surface area contributed by atoms with Gasteiger partial charge < -0.3 is 14.9 Å². The van der Waals surface area contributed by atoms with Crippen molar-refractivity contribution in [1.82, 2.24) is 19.6 Å². The molecule has 4 rings (SSSR count). The molecule has 30 heavy (non-hydrogen) atoms. The summed E-state index contributed by atoms with van der Waals surface area (Å²) in [4.78, 5) is 39.7. The molecule has 3 heterocycles. The Bertz CT molecular complexity index is 969. The van der Waals surface area contributed by atoms with Crippen molar-refractivity contribution < 1.29 is 19.5 Å². The maximum atomic E-state index is 12.9. The number of likely N-dealkylation sites (tertiary alicyclic amines) is 1. The molecule has 2 aromatic rings. The maximum Gasteiger partial charge on any atom is 0.356 e. The van der Waals surface area contributed by atoms with Crippen LogP contribution in [0.5, 0.6) is 0 Å². The van der Waals surface area contributed by atoms with E-state index in [9.17, 15) is 19.5 Å². The van der Waals surface area contributed by atoms with Crippen LogP contribution in [0.3, 0.4) is 0 Å². The van der Waals surface area contributed by atoms with Crippen molar-refractivity contribution in [1.29, 1.82) is 0 Å². The molecule has 0 bridgehead atoms. The molecule has 8 nitrogen and oxygen atoms in total. The Labute approximate surface area is 175 Å². The van der Waals surface area contributed by atoms with Gasteiger partial charge >= 0.3 is 5.97 Å². The van der Waals surface area contributed by atoms with E-state index >= 15 is 0 Å². The quantitative estimate of drug-likeness (QED) is 0.780. The van der Waals surface area contributed by atoms with Crippen molar-refractivity contribution in [3.63, 3.8) is 0 Å². The van der Waals surface area contributed by atoms with Crippen molar-refractivity contribution in [3.05, 3.63) is 52.8 Å². The molecule has 1 aromatic carbocycles. The number of aromatic nitrogens is 2. The van der Waals surface area contributed by atoms with Crippen molar-refractivity contribution in [2.75, 3.05) is 20.1 Å². The molecule has 0 aliphatic carbocycles. The fourth-order valence-electron chi connectivity index (χ4n) is 4.40. The minimum Gasteiger partial charge on any atom is -0.476 e. The summed E-state index contributed by atoms with van der Waals surface area (Å²) in [5.41, 5.74) is 2.80. The number of rotatable bonds is 6. The van der Waals surface area contributed by atoms with Crippen LogP contribution < -0.4 is 0 Å². The van der Waals surface area contributed by atoms with Crippen LogP contribution in [0.2, 0.25) is 0 Å². The van der Waals surface area contributed by atoms with E-state index in [4.69, 9.17) is 0 Å². The van der Waals surface area contributed by atoms with E-state index in [0.717, 1.165) is 18.5 Å². The topological polar surface area (TPSA) is 95.7 Å². The summed E-state index contributed by atoms with van der Waals surface area (Å²) in [7, 11) is 1.70. The van der Waals surface area contributed by atoms with Crippen molar-refractivity contribution >= 4 is 17.8 Å². The van der Waals surface area contributed by atoms with Gasteiger partial charge in [-0.25, -0.2) is 4.79 Å². The molecule has 0 radical (unpaired) electrons. The number of aromatic carboxylic acids is 1. The highest BCUT2D eigenvalue weighted by Gasteiger charge is 2.37. The van der Waals surface area contributed by atoms with Crippen molar-refractivity contribution in [2.24, 2.45) is 5.92 Å². The third kappa shape index (κ3) is 3.94. The third-order valence-electron chi connectivity index (χ3n) is 6.02. The minimum atomic E-state index is -1.07. The Morgan fingerprint density at radius 1 is 1.23 bits per heavy atom. The number of carbonyl (C=O) groups is 3. The first-order valence-electron chi connectivity index (χ1n) is 10.3. The zero-order valence-electron chi connectivity index (χ0n) is 17.1. The standard InChI is InChI=1S/C22H26N4O4/c1-24-13-16(12-19(24)27)21(28)25-11-9-18-17(14-25)20(22(29)30)23-26(18)10-5-8-15-6-3-2-4-7-15/h2-4,6-7,16H,5,8-14H2,1H3,(H,29,30)/t16-/m0/s1. The molecule has 0 spiro atoms. The molecule has 158 valence electrons. The highest BCUT2D eigenvalue weighted by atomic mass is 16.4. The minimum absolute atomic E-state index is 0.0245. The normalized spacial score (nSPS) is 18.6. The smallest absolute Gasteiger partial charge is 0.356 e. The molecule has 2 aliphatic heterocycles. The average Bonchev–Trinajstić information content (AvgIpc) is 3.28. The van der Waals surface area contributed by atoms with Gasteiger partial charge in [0, 0.05) is 57.3 Å². The van der Waals surface area contributed by atoms with Gasteiger partial charge in [0.15, 0.2) is 5.69 Å². The van der Waals surface area contributed by atoms with E-state index in [1.807, 2.05) is 18.2 Å². The number of nitrogens with zero attached hydrogens (tertiary/aromatic N) is 4. The summed E-state index contributed by atoms with van der Waals surface area (Å²) < 4.78 is 1.80. The summed E-state index contributed by atoms with van der Waals surface area (Å²) in [6, 6.07) is 10.2. The van der Waals surface area contributed by atoms with Crippen molar-refractivity contribution in [2.45, 2.75) is 38.8 Å². The second kappa shape index (κ2) is 8.30. The zero-order chi connectivity index (χ0) is 21.3. The molecular weight excluding hydrogens is 384 g/mol. The molecule has 2 aliphatic rings. The SMILES string of the molecule is CN1C[C@@H](C(=O)N2CCc3c(c(C(=O)O)nn3CCCc3ccccc3)C2)CC1=O. The Morgan fingerprint density at radius 3 is 2.67 bits per heavy atom. The first-order chi connectivity index (χ1) is 14.4. The van der Waals surface area contributed by atoms with Crippen LogP contribution in [-0.4, -0.2) is 62.6 Å². The van der Waals surface area contributed by atoms with Gasteiger partial charge in [0.1, 0.15) is 0 Å².